The topological polar surface area (TPSA) is 88.0 Å². The monoisotopic (exact) mass is 477 g/mol. The third kappa shape index (κ3) is 4.75. The molecule has 5 rings (SSSR count). The molecule has 0 aliphatic carbocycles. The average molecular weight is 478 g/mol. The van der Waals surface area contributed by atoms with Gasteiger partial charge in [0.15, 0.2) is 5.69 Å². The largest absolute Gasteiger partial charge is 0.314 e. The second-order valence-electron chi connectivity index (χ2n) is 8.69. The fourth-order valence-corrected chi connectivity index (χ4v) is 4.32. The lowest BCUT2D eigenvalue weighted by atomic mass is 10.1. The summed E-state index contributed by atoms with van der Waals surface area (Å²) in [5, 5.41) is 14.4. The van der Waals surface area contributed by atoms with E-state index in [9.17, 15) is 13.6 Å². The number of piperazine rings is 1. The van der Waals surface area contributed by atoms with E-state index in [2.05, 4.69) is 30.8 Å². The molecule has 4 aromatic rings. The molecule has 180 valence electrons. The summed E-state index contributed by atoms with van der Waals surface area (Å²) < 4.78 is 29.9. The van der Waals surface area contributed by atoms with Gasteiger partial charge in [-0.1, -0.05) is 11.3 Å². The summed E-state index contributed by atoms with van der Waals surface area (Å²) in [7, 11) is 0. The highest BCUT2D eigenvalue weighted by molar-refractivity contribution is 6.03. The summed E-state index contributed by atoms with van der Waals surface area (Å²) in [5.41, 5.74) is 3.27. The molecule has 0 bridgehead atoms. The Morgan fingerprint density at radius 3 is 2.66 bits per heavy atom. The van der Waals surface area contributed by atoms with Crippen LogP contribution in [0.1, 0.15) is 27.3 Å². The number of nitrogens with one attached hydrogen (secondary N) is 2. The van der Waals surface area contributed by atoms with Gasteiger partial charge in [0.2, 0.25) is 0 Å². The number of benzene rings is 2. The van der Waals surface area contributed by atoms with Crippen molar-refractivity contribution in [2.75, 3.05) is 31.5 Å². The molecule has 0 atom stereocenters. The SMILES string of the molecule is Cc1cc(F)ccc1-n1nnc(C(=O)Nc2cc(F)c3cc(CN4CCNCC4)ccc3n2)c1C. The summed E-state index contributed by atoms with van der Waals surface area (Å²) in [6.45, 7) is 7.98. The maximum absolute atomic E-state index is 15.0. The number of carbonyl (C=O) groups is 1. The molecule has 1 saturated heterocycles. The maximum atomic E-state index is 15.0. The molecule has 8 nitrogen and oxygen atoms in total. The lowest BCUT2D eigenvalue weighted by molar-refractivity contribution is 0.102. The first-order valence-electron chi connectivity index (χ1n) is 11.4. The third-order valence-corrected chi connectivity index (χ3v) is 6.18. The minimum absolute atomic E-state index is 0.0717. The Morgan fingerprint density at radius 2 is 1.89 bits per heavy atom. The molecule has 1 aliphatic rings. The smallest absolute Gasteiger partial charge is 0.279 e. The zero-order chi connectivity index (χ0) is 24.5. The molecule has 10 heteroatoms. The van der Waals surface area contributed by atoms with Crippen LogP contribution in [0.3, 0.4) is 0 Å². The fraction of sp³-hybridized carbons (Fsp3) is 0.280. The van der Waals surface area contributed by atoms with E-state index in [1.807, 2.05) is 12.1 Å². The minimum Gasteiger partial charge on any atom is -0.314 e. The van der Waals surface area contributed by atoms with Crippen molar-refractivity contribution in [3.63, 3.8) is 0 Å². The molecule has 35 heavy (non-hydrogen) atoms. The van der Waals surface area contributed by atoms with Gasteiger partial charge in [0.1, 0.15) is 17.5 Å². The van der Waals surface area contributed by atoms with Crippen LogP contribution in [0.4, 0.5) is 14.6 Å². The molecule has 2 N–H and O–H groups in total. The van der Waals surface area contributed by atoms with Crippen molar-refractivity contribution < 1.29 is 13.6 Å². The quantitative estimate of drug-likeness (QED) is 0.458. The van der Waals surface area contributed by atoms with Crippen molar-refractivity contribution in [2.45, 2.75) is 20.4 Å². The van der Waals surface area contributed by atoms with Crippen molar-refractivity contribution in [3.05, 3.63) is 76.6 Å². The number of fused-ring (bicyclic) bond motifs is 1. The first kappa shape index (κ1) is 23.0. The van der Waals surface area contributed by atoms with Gasteiger partial charge in [-0.05, 0) is 55.3 Å². The number of carbonyl (C=O) groups excluding carboxylic acids is 1. The van der Waals surface area contributed by atoms with E-state index in [4.69, 9.17) is 0 Å². The molecule has 1 aliphatic heterocycles. The Labute approximate surface area is 201 Å². The number of rotatable bonds is 5. The average Bonchev–Trinajstić information content (AvgIpc) is 3.21. The van der Waals surface area contributed by atoms with Gasteiger partial charge in [-0.3, -0.25) is 9.69 Å². The molecule has 1 fully saturated rings. The number of amides is 1. The van der Waals surface area contributed by atoms with Gasteiger partial charge >= 0.3 is 0 Å². The minimum atomic E-state index is -0.560. The molecular formula is C25H25F2N7O. The van der Waals surface area contributed by atoms with Gasteiger partial charge in [-0.15, -0.1) is 5.10 Å². The number of halogens is 2. The van der Waals surface area contributed by atoms with Crippen molar-refractivity contribution >= 4 is 22.6 Å². The van der Waals surface area contributed by atoms with E-state index in [0.717, 1.165) is 38.3 Å². The summed E-state index contributed by atoms with van der Waals surface area (Å²) >= 11 is 0. The first-order valence-corrected chi connectivity index (χ1v) is 11.4. The van der Waals surface area contributed by atoms with Crippen LogP contribution in [0.2, 0.25) is 0 Å². The van der Waals surface area contributed by atoms with E-state index in [-0.39, 0.29) is 17.3 Å². The van der Waals surface area contributed by atoms with E-state index in [0.29, 0.717) is 27.8 Å². The molecule has 3 heterocycles. The molecule has 2 aromatic carbocycles. The standard InChI is InChI=1S/C25H25F2N7O/c1-15-11-18(26)4-6-22(15)34-16(2)24(31-32-34)25(35)30-23-13-20(27)19-12-17(3-5-21(19)29-23)14-33-9-7-28-8-10-33/h3-6,11-13,28H,7-10,14H2,1-2H3,(H,29,30,35). The zero-order valence-corrected chi connectivity index (χ0v) is 19.5. The molecule has 2 aromatic heterocycles. The van der Waals surface area contributed by atoms with E-state index in [1.54, 1.807) is 26.0 Å². The van der Waals surface area contributed by atoms with Crippen molar-refractivity contribution in [3.8, 4) is 5.69 Å². The normalized spacial score (nSPS) is 14.4. The van der Waals surface area contributed by atoms with Crippen molar-refractivity contribution in [2.24, 2.45) is 0 Å². The van der Waals surface area contributed by atoms with Crippen LogP contribution < -0.4 is 10.6 Å². The van der Waals surface area contributed by atoms with Gasteiger partial charge in [-0.25, -0.2) is 18.4 Å². The van der Waals surface area contributed by atoms with Gasteiger partial charge in [-0.2, -0.15) is 0 Å². The Bertz CT molecular complexity index is 1410. The third-order valence-electron chi connectivity index (χ3n) is 6.18. The van der Waals surface area contributed by atoms with Crippen LogP contribution in [-0.2, 0) is 6.54 Å². The Balaban J connectivity index is 1.36. The van der Waals surface area contributed by atoms with Crippen LogP contribution in [0.25, 0.3) is 16.6 Å². The number of hydrogen-bond acceptors (Lipinski definition) is 6. The number of anilines is 1. The number of hydrogen-bond donors (Lipinski definition) is 2. The summed E-state index contributed by atoms with van der Waals surface area (Å²) in [5.74, 6) is -1.30. The Morgan fingerprint density at radius 1 is 1.09 bits per heavy atom. The number of aryl methyl sites for hydroxylation is 1. The van der Waals surface area contributed by atoms with Gasteiger partial charge in [0.25, 0.3) is 5.91 Å². The van der Waals surface area contributed by atoms with Gasteiger partial charge in [0.05, 0.1) is 16.9 Å². The highest BCUT2D eigenvalue weighted by Gasteiger charge is 2.20. The summed E-state index contributed by atoms with van der Waals surface area (Å²) in [6, 6.07) is 11.0. The predicted octanol–water partition coefficient (Wildman–Crippen LogP) is 3.37. The molecule has 0 spiro atoms. The van der Waals surface area contributed by atoms with Crippen LogP contribution in [0.15, 0.2) is 42.5 Å². The fourth-order valence-electron chi connectivity index (χ4n) is 4.32. The molecule has 0 unspecified atom stereocenters. The van der Waals surface area contributed by atoms with Crippen LogP contribution >= 0.6 is 0 Å². The highest BCUT2D eigenvalue weighted by Crippen LogP contribution is 2.23. The lowest BCUT2D eigenvalue weighted by Crippen LogP contribution is -2.42. The lowest BCUT2D eigenvalue weighted by Gasteiger charge is -2.27. The molecule has 0 saturated carbocycles. The molecule has 0 radical (unpaired) electrons. The van der Waals surface area contributed by atoms with E-state index >= 15 is 0 Å². The first-order chi connectivity index (χ1) is 16.9. The predicted molar refractivity (Wildman–Crippen MR) is 129 cm³/mol. The summed E-state index contributed by atoms with van der Waals surface area (Å²) in [4.78, 5) is 19.6. The summed E-state index contributed by atoms with van der Waals surface area (Å²) in [6.07, 6.45) is 0. The van der Waals surface area contributed by atoms with E-state index in [1.165, 1.54) is 22.9 Å². The Hall–Kier alpha value is -3.76. The molecular weight excluding hydrogens is 452 g/mol. The van der Waals surface area contributed by atoms with Crippen molar-refractivity contribution in [1.82, 2.24) is 30.2 Å². The van der Waals surface area contributed by atoms with Crippen molar-refractivity contribution in [1.29, 1.82) is 0 Å². The van der Waals surface area contributed by atoms with Gasteiger partial charge < -0.3 is 10.6 Å². The zero-order valence-electron chi connectivity index (χ0n) is 19.5. The number of aromatic nitrogens is 4. The second-order valence-corrected chi connectivity index (χ2v) is 8.69. The van der Waals surface area contributed by atoms with Crippen LogP contribution in [-0.4, -0.2) is 57.0 Å². The number of pyridine rings is 1. The van der Waals surface area contributed by atoms with Crippen LogP contribution in [0.5, 0.6) is 0 Å². The van der Waals surface area contributed by atoms with E-state index < -0.39 is 11.7 Å². The van der Waals surface area contributed by atoms with Crippen LogP contribution in [0, 0.1) is 25.5 Å². The number of nitrogens with zero attached hydrogens (tertiary/aromatic N) is 5. The highest BCUT2D eigenvalue weighted by atomic mass is 19.1. The van der Waals surface area contributed by atoms with Gasteiger partial charge in [0, 0.05) is 44.2 Å². The maximum Gasteiger partial charge on any atom is 0.279 e. The molecule has 1 amide bonds. The Kier molecular flexibility index (Phi) is 6.23. The second kappa shape index (κ2) is 9.47.